The van der Waals surface area contributed by atoms with E-state index >= 15 is 0 Å². The van der Waals surface area contributed by atoms with Gasteiger partial charge < -0.3 is 9.47 Å². The van der Waals surface area contributed by atoms with Gasteiger partial charge in [-0.25, -0.2) is 4.79 Å². The Kier molecular flexibility index (Phi) is 3.58. The largest absolute Gasteiger partial charge is 0.429 e. The summed E-state index contributed by atoms with van der Waals surface area (Å²) in [6.45, 7) is 3.17. The van der Waals surface area contributed by atoms with Crippen LogP contribution in [0, 0.1) is 0 Å². The van der Waals surface area contributed by atoms with Gasteiger partial charge in [-0.15, -0.1) is 0 Å². The van der Waals surface area contributed by atoms with Crippen molar-refractivity contribution in [3.8, 4) is 0 Å². The van der Waals surface area contributed by atoms with Crippen molar-refractivity contribution in [2.75, 3.05) is 0 Å². The zero-order valence-electron chi connectivity index (χ0n) is 12.4. The van der Waals surface area contributed by atoms with Gasteiger partial charge in [-0.2, -0.15) is 0 Å². The highest BCUT2D eigenvalue weighted by Crippen LogP contribution is 2.25. The van der Waals surface area contributed by atoms with Crippen molar-refractivity contribution >= 4 is 22.7 Å². The lowest BCUT2D eigenvalue weighted by atomic mass is 10.0. The molecule has 2 aromatic rings. The number of rotatable bonds is 3. The lowest BCUT2D eigenvalue weighted by Gasteiger charge is -2.15. The van der Waals surface area contributed by atoms with Gasteiger partial charge in [0.05, 0.1) is 6.42 Å². The first-order valence-electron chi connectivity index (χ1n) is 7.01. The van der Waals surface area contributed by atoms with Crippen molar-refractivity contribution in [2.45, 2.75) is 32.3 Å². The van der Waals surface area contributed by atoms with Gasteiger partial charge in [0.15, 0.2) is 0 Å². The van der Waals surface area contributed by atoms with Crippen molar-refractivity contribution in [1.29, 1.82) is 0 Å². The van der Waals surface area contributed by atoms with E-state index in [1.165, 1.54) is 0 Å². The predicted octanol–water partition coefficient (Wildman–Crippen LogP) is 2.56. The van der Waals surface area contributed by atoms with Crippen molar-refractivity contribution in [3.05, 3.63) is 48.0 Å². The summed E-state index contributed by atoms with van der Waals surface area (Å²) < 4.78 is 15.3. The first-order chi connectivity index (χ1) is 10.4. The Labute approximate surface area is 127 Å². The van der Waals surface area contributed by atoms with E-state index < -0.39 is 24.0 Å². The van der Waals surface area contributed by atoms with Crippen LogP contribution < -0.4 is 0 Å². The van der Waals surface area contributed by atoms with Gasteiger partial charge in [0.1, 0.15) is 0 Å². The molecule has 0 aliphatic carbocycles. The minimum Gasteiger partial charge on any atom is -0.429 e. The van der Waals surface area contributed by atoms with Crippen molar-refractivity contribution in [3.63, 3.8) is 0 Å². The van der Waals surface area contributed by atoms with Gasteiger partial charge in [-0.3, -0.25) is 9.53 Å². The van der Waals surface area contributed by atoms with Crippen molar-refractivity contribution in [2.24, 2.45) is 0 Å². The molecule has 2 aromatic carbocycles. The van der Waals surface area contributed by atoms with Crippen LogP contribution in [0.2, 0.25) is 0 Å². The Morgan fingerprint density at radius 3 is 2.64 bits per heavy atom. The van der Waals surface area contributed by atoms with Crippen LogP contribution >= 0.6 is 0 Å². The van der Waals surface area contributed by atoms with Gasteiger partial charge >= 0.3 is 18.2 Å². The number of cyclic esters (lactones) is 1. The molecule has 1 fully saturated rings. The number of hydrogen-bond donors (Lipinski definition) is 0. The molecule has 22 heavy (non-hydrogen) atoms. The number of ether oxygens (including phenoxy) is 3. The topological polar surface area (TPSA) is 61.8 Å². The molecule has 1 aliphatic heterocycles. The molecule has 114 valence electrons. The molecule has 3 rings (SSSR count). The van der Waals surface area contributed by atoms with Gasteiger partial charge in [0.25, 0.3) is 0 Å². The van der Waals surface area contributed by atoms with E-state index in [0.29, 0.717) is 0 Å². The van der Waals surface area contributed by atoms with Crippen LogP contribution in [0.5, 0.6) is 0 Å². The van der Waals surface area contributed by atoms with Crippen LogP contribution in [0.1, 0.15) is 19.4 Å². The van der Waals surface area contributed by atoms with Crippen LogP contribution in [0.25, 0.3) is 10.8 Å². The molecule has 0 N–H and O–H groups in total. The average molecular weight is 300 g/mol. The maximum Gasteiger partial charge on any atom is 0.379 e. The van der Waals surface area contributed by atoms with Crippen LogP contribution in [0.4, 0.5) is 0 Å². The third-order valence-corrected chi connectivity index (χ3v) is 3.38. The molecule has 0 spiro atoms. The SMILES string of the molecule is CC1(C)OC(=O)C(OC(=O)Cc2cccc3ccccc23)O1. The Balaban J connectivity index is 1.73. The molecule has 1 saturated heterocycles. The first kappa shape index (κ1) is 14.5. The van der Waals surface area contributed by atoms with E-state index in [2.05, 4.69) is 0 Å². The van der Waals surface area contributed by atoms with Gasteiger partial charge in [0.2, 0.25) is 5.79 Å². The smallest absolute Gasteiger partial charge is 0.379 e. The maximum atomic E-state index is 12.1. The Morgan fingerprint density at radius 2 is 1.91 bits per heavy atom. The molecule has 5 heteroatoms. The standard InChI is InChI=1S/C17H16O5/c1-17(2)21-15(19)16(22-17)20-14(18)10-12-8-5-7-11-6-3-4-9-13(11)12/h3-9,16H,10H2,1-2H3. The number of fused-ring (bicyclic) bond motifs is 1. The molecule has 1 aliphatic rings. The highest BCUT2D eigenvalue weighted by molar-refractivity contribution is 5.89. The fourth-order valence-electron chi connectivity index (χ4n) is 2.46. The zero-order chi connectivity index (χ0) is 15.7. The monoisotopic (exact) mass is 300 g/mol. The molecule has 1 unspecified atom stereocenters. The van der Waals surface area contributed by atoms with Crippen LogP contribution in [-0.4, -0.2) is 24.0 Å². The van der Waals surface area contributed by atoms with Gasteiger partial charge in [-0.05, 0) is 16.3 Å². The fraction of sp³-hybridized carbons (Fsp3) is 0.294. The summed E-state index contributed by atoms with van der Waals surface area (Å²) in [5.74, 6) is -2.28. The number of carbonyl (C=O) groups is 2. The van der Waals surface area contributed by atoms with E-state index in [0.717, 1.165) is 16.3 Å². The Bertz CT molecular complexity index is 729. The van der Waals surface area contributed by atoms with Gasteiger partial charge in [-0.1, -0.05) is 42.5 Å². The summed E-state index contributed by atoms with van der Waals surface area (Å²) in [5.41, 5.74) is 0.841. The quantitative estimate of drug-likeness (QED) is 0.815. The second kappa shape index (κ2) is 5.42. The van der Waals surface area contributed by atoms with Crippen molar-refractivity contribution < 1.29 is 23.8 Å². The summed E-state index contributed by atoms with van der Waals surface area (Å²) in [6.07, 6.45) is -1.23. The molecule has 0 saturated carbocycles. The van der Waals surface area contributed by atoms with E-state index in [9.17, 15) is 9.59 Å². The molecule has 1 heterocycles. The van der Waals surface area contributed by atoms with Gasteiger partial charge in [0, 0.05) is 13.8 Å². The van der Waals surface area contributed by atoms with Crippen LogP contribution in [-0.2, 0) is 30.2 Å². The minimum atomic E-state index is -1.29. The second-order valence-corrected chi connectivity index (χ2v) is 5.58. The van der Waals surface area contributed by atoms with Crippen molar-refractivity contribution in [1.82, 2.24) is 0 Å². The summed E-state index contributed by atoms with van der Waals surface area (Å²) in [5, 5.41) is 2.03. The first-order valence-corrected chi connectivity index (χ1v) is 7.01. The molecule has 5 nitrogen and oxygen atoms in total. The zero-order valence-corrected chi connectivity index (χ0v) is 12.4. The molecule has 0 bridgehead atoms. The van der Waals surface area contributed by atoms with Crippen LogP contribution in [0.3, 0.4) is 0 Å². The summed E-state index contributed by atoms with van der Waals surface area (Å²) >= 11 is 0. The summed E-state index contributed by atoms with van der Waals surface area (Å²) in [6, 6.07) is 13.5. The number of benzene rings is 2. The molecular weight excluding hydrogens is 284 g/mol. The summed E-state index contributed by atoms with van der Waals surface area (Å²) in [7, 11) is 0. The molecule has 0 amide bonds. The van der Waals surface area contributed by atoms with E-state index in [-0.39, 0.29) is 6.42 Å². The lowest BCUT2D eigenvalue weighted by Crippen LogP contribution is -2.26. The highest BCUT2D eigenvalue weighted by atomic mass is 16.8. The Morgan fingerprint density at radius 1 is 1.18 bits per heavy atom. The third kappa shape index (κ3) is 2.94. The van der Waals surface area contributed by atoms with E-state index in [1.807, 2.05) is 42.5 Å². The average Bonchev–Trinajstić information content (AvgIpc) is 2.71. The molecule has 0 aromatic heterocycles. The Hall–Kier alpha value is -2.40. The molecule has 1 atom stereocenters. The minimum absolute atomic E-state index is 0.0644. The lowest BCUT2D eigenvalue weighted by molar-refractivity contribution is -0.197. The molecular formula is C17H16O5. The highest BCUT2D eigenvalue weighted by Gasteiger charge is 2.43. The van der Waals surface area contributed by atoms with E-state index in [1.54, 1.807) is 13.8 Å². The molecule has 0 radical (unpaired) electrons. The number of carbonyl (C=O) groups excluding carboxylic acids is 2. The van der Waals surface area contributed by atoms with E-state index in [4.69, 9.17) is 14.2 Å². The maximum absolute atomic E-state index is 12.1. The third-order valence-electron chi connectivity index (χ3n) is 3.38. The second-order valence-electron chi connectivity index (χ2n) is 5.58. The number of hydrogen-bond acceptors (Lipinski definition) is 5. The predicted molar refractivity (Wildman–Crippen MR) is 78.8 cm³/mol. The van der Waals surface area contributed by atoms with Crippen LogP contribution in [0.15, 0.2) is 42.5 Å². The number of esters is 2. The summed E-state index contributed by atoms with van der Waals surface area (Å²) in [4.78, 5) is 23.6. The normalized spacial score (nSPS) is 19.9. The fourth-order valence-corrected chi connectivity index (χ4v) is 2.46.